The molecule has 0 atom stereocenters. The number of aldehydes is 1. The van der Waals surface area contributed by atoms with Crippen LogP contribution in [0, 0.1) is 5.82 Å². The zero-order chi connectivity index (χ0) is 16.9. The molecular formula is C20H14ClFO2. The summed E-state index contributed by atoms with van der Waals surface area (Å²) in [4.78, 5) is 11.4. The lowest BCUT2D eigenvalue weighted by Gasteiger charge is -2.11. The van der Waals surface area contributed by atoms with E-state index in [9.17, 15) is 9.18 Å². The Kier molecular flexibility index (Phi) is 4.92. The molecule has 2 nitrogen and oxygen atoms in total. The number of carbonyl (C=O) groups excluding carboxylic acids is 1. The van der Waals surface area contributed by atoms with Gasteiger partial charge in [-0.05, 0) is 41.5 Å². The van der Waals surface area contributed by atoms with Crippen LogP contribution in [-0.2, 0) is 6.61 Å². The van der Waals surface area contributed by atoms with Gasteiger partial charge in [-0.15, -0.1) is 0 Å². The number of hydrogen-bond donors (Lipinski definition) is 0. The lowest BCUT2D eigenvalue weighted by atomic mass is 10.0. The van der Waals surface area contributed by atoms with Gasteiger partial charge in [-0.25, -0.2) is 4.39 Å². The summed E-state index contributed by atoms with van der Waals surface area (Å²) in [5.41, 5.74) is 2.60. The molecular weight excluding hydrogens is 327 g/mol. The molecule has 0 aromatic heterocycles. The first-order valence-electron chi connectivity index (χ1n) is 7.39. The fraction of sp³-hybridized carbons (Fsp3) is 0.0500. The molecule has 3 aromatic rings. The predicted octanol–water partition coefficient (Wildman–Crippen LogP) is 5.54. The van der Waals surface area contributed by atoms with Gasteiger partial charge >= 0.3 is 0 Å². The van der Waals surface area contributed by atoms with Crippen LogP contribution in [-0.4, -0.2) is 6.29 Å². The molecule has 0 saturated heterocycles. The summed E-state index contributed by atoms with van der Waals surface area (Å²) in [5.74, 6) is 0.0941. The van der Waals surface area contributed by atoms with Gasteiger partial charge in [0, 0.05) is 10.6 Å². The maximum Gasteiger partial charge on any atom is 0.153 e. The second-order valence-corrected chi connectivity index (χ2v) is 5.68. The largest absolute Gasteiger partial charge is 0.488 e. The van der Waals surface area contributed by atoms with Crippen molar-refractivity contribution in [2.45, 2.75) is 6.61 Å². The second kappa shape index (κ2) is 7.28. The molecule has 0 amide bonds. The second-order valence-electron chi connectivity index (χ2n) is 5.27. The van der Waals surface area contributed by atoms with Crippen molar-refractivity contribution in [1.29, 1.82) is 0 Å². The van der Waals surface area contributed by atoms with Crippen LogP contribution < -0.4 is 4.74 Å². The lowest BCUT2D eigenvalue weighted by molar-refractivity contribution is 0.111. The topological polar surface area (TPSA) is 26.3 Å². The Morgan fingerprint density at radius 2 is 1.79 bits per heavy atom. The van der Waals surface area contributed by atoms with Gasteiger partial charge < -0.3 is 4.74 Å². The highest BCUT2D eigenvalue weighted by molar-refractivity contribution is 6.33. The van der Waals surface area contributed by atoms with Crippen molar-refractivity contribution in [1.82, 2.24) is 0 Å². The summed E-state index contributed by atoms with van der Waals surface area (Å²) >= 11 is 6.12. The fourth-order valence-corrected chi connectivity index (χ4v) is 2.62. The molecule has 0 spiro atoms. The molecule has 0 bridgehead atoms. The normalized spacial score (nSPS) is 10.4. The average Bonchev–Trinajstić information content (AvgIpc) is 2.62. The van der Waals surface area contributed by atoms with Gasteiger partial charge in [-0.3, -0.25) is 4.79 Å². The molecule has 0 aliphatic heterocycles. The Bertz CT molecular complexity index is 863. The van der Waals surface area contributed by atoms with Gasteiger partial charge in [0.05, 0.1) is 5.56 Å². The molecule has 3 rings (SSSR count). The van der Waals surface area contributed by atoms with E-state index in [0.29, 0.717) is 34.1 Å². The molecule has 3 aromatic carbocycles. The summed E-state index contributed by atoms with van der Waals surface area (Å²) in [5, 5.41) is 0.422. The zero-order valence-corrected chi connectivity index (χ0v) is 13.5. The smallest absolute Gasteiger partial charge is 0.153 e. The van der Waals surface area contributed by atoms with Crippen molar-refractivity contribution in [3.05, 3.63) is 88.7 Å². The summed E-state index contributed by atoms with van der Waals surface area (Å²) in [6, 6.07) is 18.9. The SMILES string of the molecule is O=Cc1cc(-c2cc(F)ccc2Cl)ccc1OCc1ccccc1. The van der Waals surface area contributed by atoms with Gasteiger partial charge in [0.15, 0.2) is 6.29 Å². The van der Waals surface area contributed by atoms with Crippen LogP contribution in [0.1, 0.15) is 15.9 Å². The highest BCUT2D eigenvalue weighted by Gasteiger charge is 2.10. The minimum absolute atomic E-state index is 0.363. The van der Waals surface area contributed by atoms with E-state index in [2.05, 4.69) is 0 Å². The molecule has 0 N–H and O–H groups in total. The maximum absolute atomic E-state index is 13.5. The minimum Gasteiger partial charge on any atom is -0.488 e. The zero-order valence-electron chi connectivity index (χ0n) is 12.7. The van der Waals surface area contributed by atoms with E-state index in [1.54, 1.807) is 18.2 Å². The third-order valence-electron chi connectivity index (χ3n) is 3.61. The number of benzene rings is 3. The van der Waals surface area contributed by atoms with E-state index in [-0.39, 0.29) is 5.82 Å². The number of hydrogen-bond acceptors (Lipinski definition) is 2. The van der Waals surface area contributed by atoms with Crippen LogP contribution in [0.3, 0.4) is 0 Å². The Morgan fingerprint density at radius 1 is 1.00 bits per heavy atom. The molecule has 0 heterocycles. The van der Waals surface area contributed by atoms with Crippen molar-refractivity contribution in [3.63, 3.8) is 0 Å². The van der Waals surface area contributed by atoms with E-state index in [1.807, 2.05) is 30.3 Å². The molecule has 0 unspecified atom stereocenters. The maximum atomic E-state index is 13.5. The number of halogens is 2. The molecule has 4 heteroatoms. The lowest BCUT2D eigenvalue weighted by Crippen LogP contribution is -1.98. The number of rotatable bonds is 5. The standard InChI is InChI=1S/C20H14ClFO2/c21-19-8-7-17(22)11-18(19)15-6-9-20(16(10-15)12-23)24-13-14-4-2-1-3-5-14/h1-12H,13H2. The Labute approximate surface area is 144 Å². The first kappa shape index (κ1) is 16.2. The molecule has 0 aliphatic carbocycles. The monoisotopic (exact) mass is 340 g/mol. The fourth-order valence-electron chi connectivity index (χ4n) is 2.39. The van der Waals surface area contributed by atoms with E-state index in [1.165, 1.54) is 18.2 Å². The van der Waals surface area contributed by atoms with Crippen LogP contribution in [0.25, 0.3) is 11.1 Å². The van der Waals surface area contributed by atoms with Gasteiger partial charge in [-0.1, -0.05) is 48.0 Å². The van der Waals surface area contributed by atoms with Gasteiger partial charge in [0.1, 0.15) is 18.2 Å². The quantitative estimate of drug-likeness (QED) is 0.570. The van der Waals surface area contributed by atoms with Crippen LogP contribution in [0.15, 0.2) is 66.7 Å². The van der Waals surface area contributed by atoms with E-state index < -0.39 is 0 Å². The summed E-state index contributed by atoms with van der Waals surface area (Å²) in [7, 11) is 0. The molecule has 24 heavy (non-hydrogen) atoms. The molecule has 0 radical (unpaired) electrons. The molecule has 120 valence electrons. The molecule has 0 fully saturated rings. The number of ether oxygens (including phenoxy) is 1. The van der Waals surface area contributed by atoms with Gasteiger partial charge in [0.2, 0.25) is 0 Å². The Hall–Kier alpha value is -2.65. The van der Waals surface area contributed by atoms with E-state index in [0.717, 1.165) is 11.8 Å². The Morgan fingerprint density at radius 3 is 2.54 bits per heavy atom. The van der Waals surface area contributed by atoms with Crippen LogP contribution in [0.2, 0.25) is 5.02 Å². The third kappa shape index (κ3) is 3.63. The van der Waals surface area contributed by atoms with Crippen LogP contribution in [0.4, 0.5) is 4.39 Å². The summed E-state index contributed by atoms with van der Waals surface area (Å²) in [6.07, 6.45) is 0.719. The Balaban J connectivity index is 1.88. The molecule has 0 saturated carbocycles. The first-order chi connectivity index (χ1) is 11.7. The van der Waals surface area contributed by atoms with Crippen LogP contribution >= 0.6 is 11.6 Å². The highest BCUT2D eigenvalue weighted by atomic mass is 35.5. The first-order valence-corrected chi connectivity index (χ1v) is 7.76. The minimum atomic E-state index is -0.383. The van der Waals surface area contributed by atoms with Crippen molar-refractivity contribution in [2.24, 2.45) is 0 Å². The van der Waals surface area contributed by atoms with E-state index in [4.69, 9.17) is 16.3 Å². The van der Waals surface area contributed by atoms with Crippen molar-refractivity contribution in [3.8, 4) is 16.9 Å². The molecule has 0 aliphatic rings. The van der Waals surface area contributed by atoms with E-state index >= 15 is 0 Å². The summed E-state index contributed by atoms with van der Waals surface area (Å²) in [6.45, 7) is 0.363. The van der Waals surface area contributed by atoms with Crippen LogP contribution in [0.5, 0.6) is 5.75 Å². The third-order valence-corrected chi connectivity index (χ3v) is 3.94. The number of carbonyl (C=O) groups is 1. The average molecular weight is 341 g/mol. The van der Waals surface area contributed by atoms with Crippen molar-refractivity contribution < 1.29 is 13.9 Å². The van der Waals surface area contributed by atoms with Gasteiger partial charge in [0.25, 0.3) is 0 Å². The van der Waals surface area contributed by atoms with Gasteiger partial charge in [-0.2, -0.15) is 0 Å². The van der Waals surface area contributed by atoms with Crippen molar-refractivity contribution >= 4 is 17.9 Å². The summed E-state index contributed by atoms with van der Waals surface area (Å²) < 4.78 is 19.2. The highest BCUT2D eigenvalue weighted by Crippen LogP contribution is 2.31. The predicted molar refractivity (Wildman–Crippen MR) is 93.0 cm³/mol. The van der Waals surface area contributed by atoms with Crippen molar-refractivity contribution in [2.75, 3.05) is 0 Å².